The average molecular weight is 299 g/mol. The minimum atomic E-state index is -0.378. The lowest BCUT2D eigenvalue weighted by atomic mass is 10.1. The highest BCUT2D eigenvalue weighted by molar-refractivity contribution is 6.30. The van der Waals surface area contributed by atoms with Crippen molar-refractivity contribution in [2.75, 3.05) is 11.9 Å². The Kier molecular flexibility index (Phi) is 6.20. The van der Waals surface area contributed by atoms with Crippen molar-refractivity contribution in [3.63, 3.8) is 0 Å². The molecule has 0 aromatic carbocycles. The number of carbonyl (C=O) groups is 1. The van der Waals surface area contributed by atoms with Crippen LogP contribution in [-0.4, -0.2) is 28.5 Å². The van der Waals surface area contributed by atoms with E-state index in [1.165, 1.54) is 6.33 Å². The molecule has 1 heterocycles. The Bertz CT molecular complexity index is 462. The first-order valence-electron chi connectivity index (χ1n) is 6.87. The van der Waals surface area contributed by atoms with E-state index in [9.17, 15) is 4.79 Å². The van der Waals surface area contributed by atoms with Gasteiger partial charge in [0.2, 0.25) is 5.91 Å². The maximum atomic E-state index is 12.0. The molecule has 1 amide bonds. The van der Waals surface area contributed by atoms with E-state index in [4.69, 9.17) is 11.6 Å². The molecule has 0 aliphatic carbocycles. The normalized spacial score (nSPS) is 12.6. The fourth-order valence-corrected chi connectivity index (χ4v) is 2.08. The fourth-order valence-electron chi connectivity index (χ4n) is 1.73. The fraction of sp³-hybridized carbons (Fsp3) is 0.643. The standard InChI is InChI=1S/C14H23ClN4O/c1-8(2)6-16-14(20)10(5)19-13-11(9(3)4)12(15)17-7-18-13/h7-10H,6H2,1-5H3,(H,16,20)(H,17,18,19). The zero-order valence-electron chi connectivity index (χ0n) is 12.7. The van der Waals surface area contributed by atoms with Gasteiger partial charge >= 0.3 is 0 Å². The summed E-state index contributed by atoms with van der Waals surface area (Å²) in [7, 11) is 0. The molecule has 0 bridgehead atoms. The first kappa shape index (κ1) is 16.7. The average Bonchev–Trinajstić information content (AvgIpc) is 2.35. The third kappa shape index (κ3) is 4.63. The molecule has 0 aliphatic heterocycles. The van der Waals surface area contributed by atoms with Gasteiger partial charge in [-0.2, -0.15) is 0 Å². The van der Waals surface area contributed by atoms with E-state index < -0.39 is 0 Å². The number of halogens is 1. The monoisotopic (exact) mass is 298 g/mol. The molecule has 1 aromatic rings. The van der Waals surface area contributed by atoms with Crippen LogP contribution in [0, 0.1) is 5.92 Å². The number of anilines is 1. The van der Waals surface area contributed by atoms with Crippen LogP contribution < -0.4 is 10.6 Å². The molecule has 0 saturated heterocycles. The summed E-state index contributed by atoms with van der Waals surface area (Å²) in [4.78, 5) is 20.1. The zero-order valence-corrected chi connectivity index (χ0v) is 13.5. The minimum absolute atomic E-state index is 0.0526. The summed E-state index contributed by atoms with van der Waals surface area (Å²) in [6.45, 7) is 10.6. The molecule has 0 aliphatic rings. The molecule has 2 N–H and O–H groups in total. The van der Waals surface area contributed by atoms with Crippen molar-refractivity contribution in [2.45, 2.75) is 46.6 Å². The van der Waals surface area contributed by atoms with E-state index in [-0.39, 0.29) is 17.9 Å². The van der Waals surface area contributed by atoms with Gasteiger partial charge in [-0.3, -0.25) is 4.79 Å². The molecule has 1 aromatic heterocycles. The van der Waals surface area contributed by atoms with Crippen molar-refractivity contribution in [3.8, 4) is 0 Å². The number of carbonyl (C=O) groups excluding carboxylic acids is 1. The van der Waals surface area contributed by atoms with Crippen molar-refractivity contribution in [2.24, 2.45) is 5.92 Å². The SMILES string of the molecule is CC(C)CNC(=O)C(C)Nc1ncnc(Cl)c1C(C)C. The zero-order chi connectivity index (χ0) is 15.3. The molecule has 1 rings (SSSR count). The largest absolute Gasteiger partial charge is 0.358 e. The van der Waals surface area contributed by atoms with Gasteiger partial charge in [-0.15, -0.1) is 0 Å². The van der Waals surface area contributed by atoms with Crippen molar-refractivity contribution in [1.29, 1.82) is 0 Å². The van der Waals surface area contributed by atoms with E-state index >= 15 is 0 Å². The van der Waals surface area contributed by atoms with Crippen LogP contribution in [0.5, 0.6) is 0 Å². The Hall–Kier alpha value is -1.36. The third-order valence-corrected chi connectivity index (χ3v) is 3.14. The molecule has 20 heavy (non-hydrogen) atoms. The number of nitrogens with one attached hydrogen (secondary N) is 2. The smallest absolute Gasteiger partial charge is 0.242 e. The van der Waals surface area contributed by atoms with E-state index in [1.807, 2.05) is 13.8 Å². The Labute approximate surface area is 125 Å². The molecule has 0 fully saturated rings. The first-order chi connectivity index (χ1) is 9.32. The highest BCUT2D eigenvalue weighted by Gasteiger charge is 2.18. The minimum Gasteiger partial charge on any atom is -0.358 e. The summed E-state index contributed by atoms with van der Waals surface area (Å²) in [5.74, 6) is 1.17. The second-order valence-corrected chi connectivity index (χ2v) is 5.94. The lowest BCUT2D eigenvalue weighted by Crippen LogP contribution is -2.39. The lowest BCUT2D eigenvalue weighted by molar-refractivity contribution is -0.121. The van der Waals surface area contributed by atoms with Crippen LogP contribution in [0.15, 0.2) is 6.33 Å². The van der Waals surface area contributed by atoms with E-state index in [1.54, 1.807) is 6.92 Å². The lowest BCUT2D eigenvalue weighted by Gasteiger charge is -2.19. The number of nitrogens with zero attached hydrogens (tertiary/aromatic N) is 2. The van der Waals surface area contributed by atoms with Gasteiger partial charge in [0.1, 0.15) is 23.3 Å². The van der Waals surface area contributed by atoms with Crippen LogP contribution in [0.4, 0.5) is 5.82 Å². The van der Waals surface area contributed by atoms with Crippen LogP contribution in [0.3, 0.4) is 0 Å². The van der Waals surface area contributed by atoms with Crippen LogP contribution >= 0.6 is 11.6 Å². The molecule has 112 valence electrons. The molecular weight excluding hydrogens is 276 g/mol. The molecule has 0 radical (unpaired) electrons. The molecular formula is C14H23ClN4O. The number of rotatable bonds is 6. The van der Waals surface area contributed by atoms with Gasteiger partial charge in [-0.1, -0.05) is 39.3 Å². The van der Waals surface area contributed by atoms with Gasteiger partial charge in [0.05, 0.1) is 0 Å². The highest BCUT2D eigenvalue weighted by Crippen LogP contribution is 2.28. The summed E-state index contributed by atoms with van der Waals surface area (Å²) in [5.41, 5.74) is 0.831. The highest BCUT2D eigenvalue weighted by atomic mass is 35.5. The van der Waals surface area contributed by atoms with Gasteiger partial charge in [0.25, 0.3) is 0 Å². The van der Waals surface area contributed by atoms with E-state index in [0.717, 1.165) is 5.56 Å². The van der Waals surface area contributed by atoms with Crippen molar-refractivity contribution >= 4 is 23.3 Å². The maximum Gasteiger partial charge on any atom is 0.242 e. The molecule has 0 saturated carbocycles. The Morgan fingerprint density at radius 3 is 2.45 bits per heavy atom. The van der Waals surface area contributed by atoms with Crippen LogP contribution in [0.1, 0.15) is 46.1 Å². The summed E-state index contributed by atoms with van der Waals surface area (Å²) >= 11 is 6.10. The predicted octanol–water partition coefficient (Wildman–Crippen LogP) is 2.83. The van der Waals surface area contributed by atoms with Crippen LogP contribution in [-0.2, 0) is 4.79 Å². The van der Waals surface area contributed by atoms with E-state index in [0.29, 0.717) is 23.4 Å². The first-order valence-corrected chi connectivity index (χ1v) is 7.25. The molecule has 0 spiro atoms. The topological polar surface area (TPSA) is 66.9 Å². The van der Waals surface area contributed by atoms with Gasteiger partial charge in [-0.05, 0) is 18.8 Å². The van der Waals surface area contributed by atoms with Crippen molar-refractivity contribution in [3.05, 3.63) is 17.0 Å². The van der Waals surface area contributed by atoms with Gasteiger partial charge in [-0.25, -0.2) is 9.97 Å². The van der Waals surface area contributed by atoms with Crippen LogP contribution in [0.25, 0.3) is 0 Å². The van der Waals surface area contributed by atoms with Gasteiger partial charge in [0.15, 0.2) is 0 Å². The quantitative estimate of drug-likeness (QED) is 0.793. The van der Waals surface area contributed by atoms with Crippen molar-refractivity contribution in [1.82, 2.24) is 15.3 Å². The number of hydrogen-bond acceptors (Lipinski definition) is 4. The summed E-state index contributed by atoms with van der Waals surface area (Å²) in [5, 5.41) is 6.42. The predicted molar refractivity (Wildman–Crippen MR) is 82.1 cm³/mol. The van der Waals surface area contributed by atoms with E-state index in [2.05, 4.69) is 34.4 Å². The second-order valence-electron chi connectivity index (χ2n) is 5.59. The van der Waals surface area contributed by atoms with Gasteiger partial charge in [0, 0.05) is 12.1 Å². The summed E-state index contributed by atoms with van der Waals surface area (Å²) in [6.07, 6.45) is 1.40. The molecule has 1 atom stereocenters. The summed E-state index contributed by atoms with van der Waals surface area (Å²) in [6, 6.07) is -0.378. The number of aromatic nitrogens is 2. The number of hydrogen-bond donors (Lipinski definition) is 2. The van der Waals surface area contributed by atoms with Crippen molar-refractivity contribution < 1.29 is 4.79 Å². The Morgan fingerprint density at radius 1 is 1.25 bits per heavy atom. The Morgan fingerprint density at radius 2 is 1.90 bits per heavy atom. The molecule has 6 heteroatoms. The van der Waals surface area contributed by atoms with Crippen LogP contribution in [0.2, 0.25) is 5.15 Å². The Balaban J connectivity index is 2.78. The van der Waals surface area contributed by atoms with Gasteiger partial charge < -0.3 is 10.6 Å². The number of amides is 1. The summed E-state index contributed by atoms with van der Waals surface area (Å²) < 4.78 is 0. The second kappa shape index (κ2) is 7.43. The maximum absolute atomic E-state index is 12.0. The third-order valence-electron chi connectivity index (χ3n) is 2.84. The molecule has 1 unspecified atom stereocenters. The molecule has 5 nitrogen and oxygen atoms in total.